The number of benzene rings is 1. The molecular weight excluding hydrogens is 442 g/mol. The number of fused-ring (bicyclic) bond motifs is 1. The normalized spacial score (nSPS) is 15.5. The summed E-state index contributed by atoms with van der Waals surface area (Å²) in [6.07, 6.45) is 0. The second-order valence-corrected chi connectivity index (χ2v) is 7.95. The van der Waals surface area contributed by atoms with Crippen molar-refractivity contribution in [1.29, 1.82) is 0 Å². The second kappa shape index (κ2) is 6.97. The van der Waals surface area contributed by atoms with E-state index in [1.807, 2.05) is 6.07 Å². The molecule has 0 spiro atoms. The molecule has 9 heteroatoms. The first-order valence-electron chi connectivity index (χ1n) is 7.88. The van der Waals surface area contributed by atoms with Crippen molar-refractivity contribution < 1.29 is 4.92 Å². The highest BCUT2D eigenvalue weighted by Crippen LogP contribution is 2.40. The molecule has 1 aliphatic heterocycles. The first kappa shape index (κ1) is 17.6. The third kappa shape index (κ3) is 3.16. The minimum Gasteiger partial charge on any atom is -0.340 e. The van der Waals surface area contributed by atoms with Gasteiger partial charge in [-0.1, -0.05) is 13.8 Å². The van der Waals surface area contributed by atoms with Crippen molar-refractivity contribution in [3.8, 4) is 0 Å². The Morgan fingerprint density at radius 1 is 1.38 bits per heavy atom. The number of anilines is 1. The van der Waals surface area contributed by atoms with Gasteiger partial charge in [-0.15, -0.1) is 0 Å². The van der Waals surface area contributed by atoms with Crippen molar-refractivity contribution in [2.75, 3.05) is 31.1 Å². The lowest BCUT2D eigenvalue weighted by atomic mass is 10.2. The topological polar surface area (TPSA) is 76.2 Å². The molecule has 0 amide bonds. The Balaban J connectivity index is 2.26. The summed E-state index contributed by atoms with van der Waals surface area (Å²) in [4.78, 5) is 18.1. The molecule has 0 aliphatic carbocycles. The van der Waals surface area contributed by atoms with Gasteiger partial charge >= 0.3 is 5.69 Å². The van der Waals surface area contributed by atoms with Gasteiger partial charge in [0.05, 0.1) is 10.4 Å². The zero-order chi connectivity index (χ0) is 17.4. The molecule has 1 aromatic heterocycles. The molecule has 0 atom stereocenters. The fourth-order valence-corrected chi connectivity index (χ4v) is 3.84. The summed E-state index contributed by atoms with van der Waals surface area (Å²) in [5.41, 5.74) is 1.24. The quantitative estimate of drug-likeness (QED) is 0.557. The lowest BCUT2D eigenvalue weighted by Crippen LogP contribution is -2.44. The van der Waals surface area contributed by atoms with Crippen molar-refractivity contribution in [2.24, 2.45) is 5.92 Å². The van der Waals surface area contributed by atoms with Crippen molar-refractivity contribution in [2.45, 2.75) is 20.4 Å². The van der Waals surface area contributed by atoms with E-state index in [9.17, 15) is 10.1 Å². The molecule has 3 rings (SSSR count). The van der Waals surface area contributed by atoms with E-state index in [0.717, 1.165) is 44.2 Å². The molecular formula is C15H19Br2N5O2. The average Bonchev–Trinajstić information content (AvgIpc) is 2.86. The predicted octanol–water partition coefficient (Wildman–Crippen LogP) is 3.54. The minimum atomic E-state index is -0.370. The number of imidazole rings is 1. The molecule has 24 heavy (non-hydrogen) atoms. The number of nitrogens with one attached hydrogen (secondary N) is 1. The number of piperazine rings is 1. The summed E-state index contributed by atoms with van der Waals surface area (Å²) < 4.78 is 3.20. The molecule has 1 aromatic carbocycles. The Hall–Kier alpha value is -1.19. The van der Waals surface area contributed by atoms with Crippen molar-refractivity contribution >= 4 is 54.5 Å². The number of nitro benzene ring substituents is 1. The van der Waals surface area contributed by atoms with Crippen LogP contribution in [0, 0.1) is 16.0 Å². The third-order valence-corrected chi connectivity index (χ3v) is 5.98. The highest BCUT2D eigenvalue weighted by molar-refractivity contribution is 9.13. The van der Waals surface area contributed by atoms with E-state index in [0.29, 0.717) is 20.4 Å². The monoisotopic (exact) mass is 459 g/mol. The molecule has 0 unspecified atom stereocenters. The number of nitro groups is 1. The van der Waals surface area contributed by atoms with Crippen molar-refractivity contribution in [1.82, 2.24) is 14.9 Å². The van der Waals surface area contributed by atoms with Crippen molar-refractivity contribution in [3.05, 3.63) is 25.1 Å². The zero-order valence-electron chi connectivity index (χ0n) is 13.6. The van der Waals surface area contributed by atoms with Gasteiger partial charge in [-0.25, -0.2) is 4.98 Å². The standard InChI is InChI=1S/C15H19Br2N5O2/c1-9(2)8-21-11-7-10(16)12(17)14(22(23)24)13(11)19-15(21)20-5-3-18-4-6-20/h7,9,18H,3-6,8H2,1-2H3. The smallest absolute Gasteiger partial charge is 0.312 e. The van der Waals surface area contributed by atoms with Crippen LogP contribution in [0.2, 0.25) is 0 Å². The highest BCUT2D eigenvalue weighted by Gasteiger charge is 2.28. The first-order valence-corrected chi connectivity index (χ1v) is 9.47. The SMILES string of the molecule is CC(C)Cn1c(N2CCNCC2)nc2c([N+](=O)[O-])c(Br)c(Br)cc21. The molecule has 0 saturated carbocycles. The lowest BCUT2D eigenvalue weighted by Gasteiger charge is -2.29. The van der Waals surface area contributed by atoms with Crippen LogP contribution < -0.4 is 10.2 Å². The Morgan fingerprint density at radius 3 is 2.62 bits per heavy atom. The van der Waals surface area contributed by atoms with Gasteiger partial charge in [-0.05, 0) is 43.8 Å². The summed E-state index contributed by atoms with van der Waals surface area (Å²) in [5.74, 6) is 1.22. The largest absolute Gasteiger partial charge is 0.340 e. The van der Waals surface area contributed by atoms with Crippen LogP contribution in [0.3, 0.4) is 0 Å². The van der Waals surface area contributed by atoms with E-state index in [2.05, 4.69) is 65.5 Å². The predicted molar refractivity (Wildman–Crippen MR) is 102 cm³/mol. The number of nitrogens with zero attached hydrogens (tertiary/aromatic N) is 4. The van der Waals surface area contributed by atoms with E-state index < -0.39 is 0 Å². The van der Waals surface area contributed by atoms with Gasteiger partial charge in [0.15, 0.2) is 5.52 Å². The van der Waals surface area contributed by atoms with E-state index >= 15 is 0 Å². The maximum absolute atomic E-state index is 11.6. The summed E-state index contributed by atoms with van der Waals surface area (Å²) >= 11 is 6.75. The average molecular weight is 461 g/mol. The van der Waals surface area contributed by atoms with Crippen LogP contribution in [0.25, 0.3) is 11.0 Å². The van der Waals surface area contributed by atoms with Crippen LogP contribution >= 0.6 is 31.9 Å². The Kier molecular flexibility index (Phi) is 5.12. The second-order valence-electron chi connectivity index (χ2n) is 6.30. The highest BCUT2D eigenvalue weighted by atomic mass is 79.9. The Bertz CT molecular complexity index is 784. The summed E-state index contributed by atoms with van der Waals surface area (Å²) in [6.45, 7) is 8.50. The molecule has 1 saturated heterocycles. The van der Waals surface area contributed by atoms with Crippen LogP contribution in [0.4, 0.5) is 11.6 Å². The summed E-state index contributed by atoms with van der Waals surface area (Å²) in [7, 11) is 0. The van der Waals surface area contributed by atoms with Crippen LogP contribution in [0.1, 0.15) is 13.8 Å². The zero-order valence-corrected chi connectivity index (χ0v) is 16.7. The van der Waals surface area contributed by atoms with Gasteiger partial charge in [0, 0.05) is 37.2 Å². The molecule has 130 valence electrons. The number of rotatable bonds is 4. The van der Waals surface area contributed by atoms with E-state index in [-0.39, 0.29) is 10.6 Å². The van der Waals surface area contributed by atoms with Crippen molar-refractivity contribution in [3.63, 3.8) is 0 Å². The first-order chi connectivity index (χ1) is 11.4. The fourth-order valence-electron chi connectivity index (χ4n) is 2.99. The van der Waals surface area contributed by atoms with E-state index in [4.69, 9.17) is 0 Å². The van der Waals surface area contributed by atoms with Gasteiger partial charge < -0.3 is 14.8 Å². The molecule has 0 radical (unpaired) electrons. The minimum absolute atomic E-state index is 0.0123. The Labute approximate surface area is 156 Å². The summed E-state index contributed by atoms with van der Waals surface area (Å²) in [5, 5.41) is 14.9. The van der Waals surface area contributed by atoms with E-state index in [1.165, 1.54) is 0 Å². The number of hydrogen-bond donors (Lipinski definition) is 1. The van der Waals surface area contributed by atoms with E-state index in [1.54, 1.807) is 0 Å². The van der Waals surface area contributed by atoms with Gasteiger partial charge in [0.2, 0.25) is 5.95 Å². The Morgan fingerprint density at radius 2 is 2.04 bits per heavy atom. The van der Waals surface area contributed by atoms with Crippen LogP contribution in [-0.4, -0.2) is 40.7 Å². The van der Waals surface area contributed by atoms with Gasteiger partial charge in [0.1, 0.15) is 4.47 Å². The maximum Gasteiger partial charge on any atom is 0.312 e. The molecule has 2 heterocycles. The lowest BCUT2D eigenvalue weighted by molar-refractivity contribution is -0.384. The molecule has 7 nitrogen and oxygen atoms in total. The molecule has 0 bridgehead atoms. The summed E-state index contributed by atoms with van der Waals surface area (Å²) in [6, 6.07) is 1.91. The van der Waals surface area contributed by atoms with Gasteiger partial charge in [-0.2, -0.15) is 0 Å². The van der Waals surface area contributed by atoms with Gasteiger partial charge in [0.25, 0.3) is 0 Å². The van der Waals surface area contributed by atoms with Crippen LogP contribution in [0.15, 0.2) is 15.0 Å². The number of halogens is 2. The molecule has 1 fully saturated rings. The van der Waals surface area contributed by atoms with Crippen LogP contribution in [0.5, 0.6) is 0 Å². The number of aromatic nitrogens is 2. The molecule has 2 aromatic rings. The number of hydrogen-bond acceptors (Lipinski definition) is 5. The fraction of sp³-hybridized carbons (Fsp3) is 0.533. The molecule has 1 N–H and O–H groups in total. The molecule has 1 aliphatic rings. The van der Waals surface area contributed by atoms with Gasteiger partial charge in [-0.3, -0.25) is 10.1 Å². The maximum atomic E-state index is 11.6. The van der Waals surface area contributed by atoms with Crippen LogP contribution in [-0.2, 0) is 6.54 Å². The third-order valence-electron chi connectivity index (χ3n) is 4.02.